The molecule has 4 nitrogen and oxygen atoms in total. The van der Waals surface area contributed by atoms with Crippen molar-refractivity contribution in [2.24, 2.45) is 7.05 Å². The van der Waals surface area contributed by atoms with E-state index in [9.17, 15) is 0 Å². The summed E-state index contributed by atoms with van der Waals surface area (Å²) in [6, 6.07) is 18.6. The van der Waals surface area contributed by atoms with E-state index >= 15 is 0 Å². The topological polar surface area (TPSA) is 39.9 Å². The second-order valence-electron chi connectivity index (χ2n) is 6.45. The summed E-state index contributed by atoms with van der Waals surface area (Å²) in [4.78, 5) is 1.29. The molecule has 28 heavy (non-hydrogen) atoms. The second-order valence-corrected chi connectivity index (χ2v) is 8.48. The van der Waals surface area contributed by atoms with E-state index in [1.165, 1.54) is 21.6 Å². The highest BCUT2D eigenvalue weighted by atomic mass is 32.2. The van der Waals surface area contributed by atoms with Crippen LogP contribution in [0.4, 0.5) is 0 Å². The van der Waals surface area contributed by atoms with Crippen molar-refractivity contribution in [1.29, 1.82) is 0 Å². The van der Waals surface area contributed by atoms with Crippen molar-refractivity contribution in [3.63, 3.8) is 0 Å². The summed E-state index contributed by atoms with van der Waals surface area (Å²) in [5.74, 6) is 2.59. The van der Waals surface area contributed by atoms with Crippen LogP contribution in [0.2, 0.25) is 0 Å². The zero-order valence-electron chi connectivity index (χ0n) is 16.0. The Labute approximate surface area is 173 Å². The molecule has 142 valence electrons. The quantitative estimate of drug-likeness (QED) is 0.378. The van der Waals surface area contributed by atoms with Crippen LogP contribution in [0.25, 0.3) is 22.5 Å². The molecule has 0 saturated heterocycles. The zero-order valence-corrected chi connectivity index (χ0v) is 17.7. The van der Waals surface area contributed by atoms with Crippen LogP contribution < -0.4 is 4.74 Å². The standard InChI is InChI=1S/C22H21N3OS2/c1-15-20(17-9-5-4-6-10-17)19(14-27-15)21-23-24-22(25(21)2)28-13-16-8-7-11-18(12-16)26-3/h4-12,14H,13H2,1-3H3. The summed E-state index contributed by atoms with van der Waals surface area (Å²) in [5.41, 5.74) is 4.79. The zero-order chi connectivity index (χ0) is 19.5. The smallest absolute Gasteiger partial charge is 0.191 e. The minimum Gasteiger partial charge on any atom is -0.497 e. The van der Waals surface area contributed by atoms with Crippen LogP contribution in [0.3, 0.4) is 0 Å². The number of rotatable bonds is 6. The van der Waals surface area contributed by atoms with Crippen molar-refractivity contribution in [2.75, 3.05) is 7.11 Å². The van der Waals surface area contributed by atoms with Gasteiger partial charge in [-0.3, -0.25) is 0 Å². The van der Waals surface area contributed by atoms with Gasteiger partial charge in [0.1, 0.15) is 5.75 Å². The van der Waals surface area contributed by atoms with Crippen LogP contribution in [0.15, 0.2) is 65.1 Å². The van der Waals surface area contributed by atoms with Crippen LogP contribution in [0, 0.1) is 6.92 Å². The largest absolute Gasteiger partial charge is 0.497 e. The van der Waals surface area contributed by atoms with Crippen LogP contribution >= 0.6 is 23.1 Å². The Hall–Kier alpha value is -2.57. The summed E-state index contributed by atoms with van der Waals surface area (Å²) < 4.78 is 7.39. The maximum atomic E-state index is 5.31. The number of thiophene rings is 1. The number of hydrogen-bond acceptors (Lipinski definition) is 5. The highest BCUT2D eigenvalue weighted by molar-refractivity contribution is 7.98. The summed E-state index contributed by atoms with van der Waals surface area (Å²) >= 11 is 3.43. The number of methoxy groups -OCH3 is 1. The highest BCUT2D eigenvalue weighted by Crippen LogP contribution is 2.39. The van der Waals surface area contributed by atoms with E-state index in [0.717, 1.165) is 28.0 Å². The molecule has 0 fully saturated rings. The van der Waals surface area contributed by atoms with E-state index in [2.05, 4.69) is 63.5 Å². The predicted molar refractivity (Wildman–Crippen MR) is 117 cm³/mol. The Bertz CT molecular complexity index is 1090. The van der Waals surface area contributed by atoms with Gasteiger partial charge in [0.05, 0.1) is 7.11 Å². The van der Waals surface area contributed by atoms with Crippen LogP contribution in [0.5, 0.6) is 5.75 Å². The fourth-order valence-corrected chi connectivity index (χ4v) is 4.89. The van der Waals surface area contributed by atoms with E-state index in [0.29, 0.717) is 0 Å². The van der Waals surface area contributed by atoms with Gasteiger partial charge in [0.2, 0.25) is 0 Å². The molecule has 0 N–H and O–H groups in total. The van der Waals surface area contributed by atoms with Gasteiger partial charge in [-0.15, -0.1) is 21.5 Å². The third-order valence-electron chi connectivity index (χ3n) is 4.62. The molecule has 0 atom stereocenters. The van der Waals surface area contributed by atoms with Gasteiger partial charge in [-0.25, -0.2) is 0 Å². The van der Waals surface area contributed by atoms with Gasteiger partial charge in [-0.2, -0.15) is 0 Å². The average molecular weight is 408 g/mol. The monoisotopic (exact) mass is 407 g/mol. The summed E-state index contributed by atoms with van der Waals surface area (Å²) in [7, 11) is 3.72. The molecular weight excluding hydrogens is 386 g/mol. The molecule has 0 saturated carbocycles. The van der Waals surface area contributed by atoms with Gasteiger partial charge in [0, 0.05) is 34.2 Å². The molecule has 2 aromatic carbocycles. The molecule has 0 bridgehead atoms. The molecule has 0 amide bonds. The first-order valence-corrected chi connectivity index (χ1v) is 10.8. The van der Waals surface area contributed by atoms with E-state index in [4.69, 9.17) is 4.74 Å². The van der Waals surface area contributed by atoms with Gasteiger partial charge in [0.25, 0.3) is 0 Å². The molecule has 2 heterocycles. The Morgan fingerprint density at radius 3 is 2.68 bits per heavy atom. The molecule has 4 rings (SSSR count). The lowest BCUT2D eigenvalue weighted by Crippen LogP contribution is -1.96. The number of thioether (sulfide) groups is 1. The van der Waals surface area contributed by atoms with E-state index in [1.54, 1.807) is 30.2 Å². The molecule has 0 spiro atoms. The predicted octanol–water partition coefficient (Wildman–Crippen LogP) is 5.82. The molecule has 0 radical (unpaired) electrons. The number of aryl methyl sites for hydroxylation is 1. The number of aromatic nitrogens is 3. The number of benzene rings is 2. The Morgan fingerprint density at radius 2 is 1.89 bits per heavy atom. The van der Waals surface area contributed by atoms with Gasteiger partial charge in [-0.1, -0.05) is 54.2 Å². The lowest BCUT2D eigenvalue weighted by atomic mass is 10.0. The Balaban J connectivity index is 1.61. The number of nitrogens with zero attached hydrogens (tertiary/aromatic N) is 3. The van der Waals surface area contributed by atoms with Crippen molar-refractivity contribution < 1.29 is 4.74 Å². The Morgan fingerprint density at radius 1 is 1.07 bits per heavy atom. The van der Waals surface area contributed by atoms with E-state index in [1.807, 2.05) is 25.2 Å². The first-order chi connectivity index (χ1) is 13.7. The van der Waals surface area contributed by atoms with Crippen LogP contribution in [-0.4, -0.2) is 21.9 Å². The van der Waals surface area contributed by atoms with Gasteiger partial charge < -0.3 is 9.30 Å². The highest BCUT2D eigenvalue weighted by Gasteiger charge is 2.18. The molecule has 0 aliphatic carbocycles. The first kappa shape index (κ1) is 18.8. The fraction of sp³-hybridized carbons (Fsp3) is 0.182. The molecule has 0 aliphatic heterocycles. The minimum atomic E-state index is 0.817. The molecule has 6 heteroatoms. The van der Waals surface area contributed by atoms with Gasteiger partial charge in [0.15, 0.2) is 11.0 Å². The molecular formula is C22H21N3OS2. The van der Waals surface area contributed by atoms with E-state index < -0.39 is 0 Å². The normalized spacial score (nSPS) is 11.0. The number of ether oxygens (including phenoxy) is 1. The average Bonchev–Trinajstić information content (AvgIpc) is 3.29. The van der Waals surface area contributed by atoms with Crippen molar-refractivity contribution in [3.8, 4) is 28.3 Å². The summed E-state index contributed by atoms with van der Waals surface area (Å²) in [6.07, 6.45) is 0. The van der Waals surface area contributed by atoms with Crippen molar-refractivity contribution >= 4 is 23.1 Å². The molecule has 2 aromatic heterocycles. The second kappa shape index (κ2) is 8.20. The minimum absolute atomic E-state index is 0.817. The molecule has 0 unspecified atom stereocenters. The van der Waals surface area contributed by atoms with Crippen molar-refractivity contribution in [3.05, 3.63) is 70.4 Å². The third kappa shape index (κ3) is 3.70. The third-order valence-corrected chi connectivity index (χ3v) is 6.62. The van der Waals surface area contributed by atoms with Crippen LogP contribution in [0.1, 0.15) is 10.4 Å². The molecule has 0 aliphatic rings. The summed E-state index contributed by atoms with van der Waals surface area (Å²) in [5, 5.41) is 12.0. The van der Waals surface area contributed by atoms with Crippen molar-refractivity contribution in [1.82, 2.24) is 14.8 Å². The fourth-order valence-electron chi connectivity index (χ4n) is 3.17. The van der Waals surface area contributed by atoms with Crippen LogP contribution in [-0.2, 0) is 12.8 Å². The van der Waals surface area contributed by atoms with Crippen molar-refractivity contribution in [2.45, 2.75) is 17.8 Å². The number of hydrogen-bond donors (Lipinski definition) is 0. The van der Waals surface area contributed by atoms with Gasteiger partial charge >= 0.3 is 0 Å². The SMILES string of the molecule is COc1cccc(CSc2nnc(-c3csc(C)c3-c3ccccc3)n2C)c1. The first-order valence-electron chi connectivity index (χ1n) is 8.96. The Kier molecular flexibility index (Phi) is 5.50. The van der Waals surface area contributed by atoms with E-state index in [-0.39, 0.29) is 0 Å². The van der Waals surface area contributed by atoms with Gasteiger partial charge in [-0.05, 0) is 30.2 Å². The lowest BCUT2D eigenvalue weighted by molar-refractivity contribution is 0.414. The maximum Gasteiger partial charge on any atom is 0.191 e. The maximum absolute atomic E-state index is 5.31. The molecule has 4 aromatic rings. The lowest BCUT2D eigenvalue weighted by Gasteiger charge is -2.07. The summed E-state index contributed by atoms with van der Waals surface area (Å²) in [6.45, 7) is 2.16.